The summed E-state index contributed by atoms with van der Waals surface area (Å²) in [5, 5.41) is 15.2. The Labute approximate surface area is 161 Å². The molecule has 1 unspecified atom stereocenters. The predicted octanol–water partition coefficient (Wildman–Crippen LogP) is 3.89. The Bertz CT molecular complexity index is 1030. The fraction of sp³-hybridized carbons (Fsp3) is 0.125. The van der Waals surface area contributed by atoms with E-state index in [2.05, 4.69) is 20.5 Å². The number of hydrogen-bond acceptors (Lipinski definition) is 8. The van der Waals surface area contributed by atoms with Crippen LogP contribution in [-0.2, 0) is 0 Å². The van der Waals surface area contributed by atoms with Gasteiger partial charge >= 0.3 is 0 Å². The minimum Gasteiger partial charge on any atom is -0.374 e. The van der Waals surface area contributed by atoms with E-state index in [9.17, 15) is 4.39 Å². The largest absolute Gasteiger partial charge is 0.374 e. The molecule has 0 bridgehead atoms. The van der Waals surface area contributed by atoms with Gasteiger partial charge in [0.2, 0.25) is 5.13 Å². The quantitative estimate of drug-likeness (QED) is 0.688. The van der Waals surface area contributed by atoms with Gasteiger partial charge in [-0.05, 0) is 19.1 Å². The fourth-order valence-electron chi connectivity index (χ4n) is 2.69. The number of aromatic nitrogens is 3. The van der Waals surface area contributed by atoms with Crippen LogP contribution in [0.5, 0.6) is 0 Å². The van der Waals surface area contributed by atoms with Crippen LogP contribution in [0.2, 0.25) is 5.02 Å². The predicted molar refractivity (Wildman–Crippen MR) is 103 cm³/mol. The van der Waals surface area contributed by atoms with Gasteiger partial charge in [0.25, 0.3) is 0 Å². The van der Waals surface area contributed by atoms with Crippen molar-refractivity contribution in [2.45, 2.75) is 13.0 Å². The minimum absolute atomic E-state index is 0.293. The van der Waals surface area contributed by atoms with Crippen molar-refractivity contribution in [1.29, 1.82) is 0 Å². The van der Waals surface area contributed by atoms with Gasteiger partial charge in [0.1, 0.15) is 16.9 Å². The Morgan fingerprint density at radius 2 is 2.12 bits per heavy atom. The third-order valence-electron chi connectivity index (χ3n) is 3.80. The van der Waals surface area contributed by atoms with Crippen LogP contribution in [0, 0.1) is 5.82 Å². The molecule has 1 atom stereocenters. The minimum atomic E-state index is -0.476. The fourth-order valence-corrected chi connectivity index (χ4v) is 4.29. The molecule has 26 heavy (non-hydrogen) atoms. The van der Waals surface area contributed by atoms with E-state index in [1.54, 1.807) is 12.3 Å². The molecule has 1 aromatic carbocycles. The number of nitrogen functional groups attached to an aromatic ring is 1. The van der Waals surface area contributed by atoms with E-state index in [1.165, 1.54) is 34.8 Å². The van der Waals surface area contributed by atoms with Gasteiger partial charge in [-0.15, -0.1) is 21.5 Å². The van der Waals surface area contributed by atoms with E-state index >= 15 is 0 Å². The smallest absolute Gasteiger partial charge is 0.203 e. The zero-order valence-electron chi connectivity index (χ0n) is 13.4. The molecule has 6 nitrogen and oxygen atoms in total. The number of benzene rings is 1. The second-order valence-corrected chi connectivity index (χ2v) is 7.80. The van der Waals surface area contributed by atoms with Crippen LogP contribution in [0.25, 0.3) is 5.57 Å². The molecular formula is C16H12ClFN6S2. The maximum absolute atomic E-state index is 13.5. The summed E-state index contributed by atoms with van der Waals surface area (Å²) in [6.45, 7) is 1.92. The molecule has 0 saturated heterocycles. The Morgan fingerprint density at radius 1 is 1.27 bits per heavy atom. The number of hydrogen-bond donors (Lipinski definition) is 2. The lowest BCUT2D eigenvalue weighted by Gasteiger charge is -2.26. The highest BCUT2D eigenvalue weighted by Crippen LogP contribution is 2.41. The van der Waals surface area contributed by atoms with Gasteiger partial charge in [-0.25, -0.2) is 9.37 Å². The van der Waals surface area contributed by atoms with Crippen molar-refractivity contribution >= 4 is 50.8 Å². The summed E-state index contributed by atoms with van der Waals surface area (Å²) in [7, 11) is 0. The molecule has 132 valence electrons. The van der Waals surface area contributed by atoms with Gasteiger partial charge in [-0.1, -0.05) is 29.0 Å². The lowest BCUT2D eigenvalue weighted by Crippen LogP contribution is -2.29. The lowest BCUT2D eigenvalue weighted by molar-refractivity contribution is 0.626. The van der Waals surface area contributed by atoms with Crippen LogP contribution in [0.15, 0.2) is 40.5 Å². The van der Waals surface area contributed by atoms with E-state index in [1.807, 2.05) is 12.3 Å². The van der Waals surface area contributed by atoms with E-state index in [4.69, 9.17) is 22.3 Å². The Hall–Kier alpha value is -2.36. The topological polar surface area (TPSA) is 89.1 Å². The number of nitrogens with two attached hydrogens (primary N) is 1. The molecule has 2 aromatic heterocycles. The normalized spacial score (nSPS) is 17.2. The molecule has 4 rings (SSSR count). The van der Waals surface area contributed by atoms with E-state index in [0.717, 1.165) is 16.3 Å². The van der Waals surface area contributed by atoms with E-state index < -0.39 is 11.9 Å². The second-order valence-electron chi connectivity index (χ2n) is 5.49. The first kappa shape index (κ1) is 17.1. The maximum atomic E-state index is 13.5. The third-order valence-corrected chi connectivity index (χ3v) is 5.70. The number of nitrogens with one attached hydrogen (secondary N) is 1. The molecule has 0 amide bonds. The molecule has 1 aliphatic rings. The van der Waals surface area contributed by atoms with Crippen molar-refractivity contribution in [3.05, 3.63) is 61.9 Å². The number of rotatable bonds is 3. The van der Waals surface area contributed by atoms with Gasteiger partial charge in [0.05, 0.1) is 0 Å². The first-order chi connectivity index (χ1) is 12.5. The van der Waals surface area contributed by atoms with Crippen LogP contribution >= 0.6 is 34.3 Å². The monoisotopic (exact) mass is 406 g/mol. The number of thiazole rings is 1. The van der Waals surface area contributed by atoms with Crippen LogP contribution in [0.1, 0.15) is 28.5 Å². The first-order valence-electron chi connectivity index (χ1n) is 7.52. The van der Waals surface area contributed by atoms with Crippen LogP contribution in [0.4, 0.5) is 9.52 Å². The first-order valence-corrected chi connectivity index (χ1v) is 9.60. The molecule has 1 aliphatic heterocycles. The van der Waals surface area contributed by atoms with Crippen molar-refractivity contribution in [2.75, 3.05) is 5.73 Å². The van der Waals surface area contributed by atoms with Crippen LogP contribution < -0.4 is 11.1 Å². The molecule has 3 N–H and O–H groups in total. The van der Waals surface area contributed by atoms with Crippen molar-refractivity contribution in [2.24, 2.45) is 4.99 Å². The SMILES string of the molecule is CC1=C(c2nnc(N)s2)C(c2ccc(F)cc2Cl)N=C(c2nccs2)N1. The van der Waals surface area contributed by atoms with Gasteiger partial charge in [-0.3, -0.25) is 4.99 Å². The molecule has 10 heteroatoms. The Morgan fingerprint density at radius 3 is 2.77 bits per heavy atom. The maximum Gasteiger partial charge on any atom is 0.203 e. The molecule has 0 radical (unpaired) electrons. The standard InChI is InChI=1S/C16H12ClFN6S2/c1-7-11(14-23-24-16(19)26-14)12(9-3-2-8(18)6-10(9)17)22-13(21-7)15-20-4-5-25-15/h2-6,12H,1H3,(H2,19,24)(H,21,22). The highest BCUT2D eigenvalue weighted by molar-refractivity contribution is 7.16. The average Bonchev–Trinajstić information content (AvgIpc) is 3.26. The lowest BCUT2D eigenvalue weighted by atomic mass is 9.96. The summed E-state index contributed by atoms with van der Waals surface area (Å²) >= 11 is 9.05. The molecule has 0 saturated carbocycles. The summed E-state index contributed by atoms with van der Waals surface area (Å²) in [5.74, 6) is 0.225. The van der Waals surface area contributed by atoms with E-state index in [-0.39, 0.29) is 0 Å². The molecule has 3 aromatic rings. The van der Waals surface area contributed by atoms with Crippen LogP contribution in [-0.4, -0.2) is 21.0 Å². The number of aliphatic imine (C=N–C) groups is 1. The zero-order valence-corrected chi connectivity index (χ0v) is 15.8. The number of amidine groups is 1. The highest BCUT2D eigenvalue weighted by atomic mass is 35.5. The van der Waals surface area contributed by atoms with Gasteiger partial charge < -0.3 is 11.1 Å². The Balaban J connectivity index is 1.88. The van der Waals surface area contributed by atoms with Crippen molar-refractivity contribution in [3.8, 4) is 0 Å². The van der Waals surface area contributed by atoms with Gasteiger partial charge in [0.15, 0.2) is 10.8 Å². The number of allylic oxidation sites excluding steroid dienone is 1. The summed E-state index contributed by atoms with van der Waals surface area (Å²) in [5.41, 5.74) is 8.06. The molecular weight excluding hydrogens is 395 g/mol. The molecule has 0 fully saturated rings. The van der Waals surface area contributed by atoms with Crippen molar-refractivity contribution < 1.29 is 4.39 Å². The van der Waals surface area contributed by atoms with Crippen molar-refractivity contribution in [3.63, 3.8) is 0 Å². The van der Waals surface area contributed by atoms with E-state index in [0.29, 0.717) is 26.6 Å². The molecule has 0 aliphatic carbocycles. The second kappa shape index (κ2) is 6.75. The zero-order chi connectivity index (χ0) is 18.3. The summed E-state index contributed by atoms with van der Waals surface area (Å²) in [6.07, 6.45) is 1.71. The number of halogens is 2. The highest BCUT2D eigenvalue weighted by Gasteiger charge is 2.30. The average molecular weight is 407 g/mol. The summed E-state index contributed by atoms with van der Waals surface area (Å²) in [4.78, 5) is 9.09. The molecule has 0 spiro atoms. The number of anilines is 1. The molecule has 3 heterocycles. The Kier molecular flexibility index (Phi) is 4.43. The van der Waals surface area contributed by atoms with Crippen LogP contribution in [0.3, 0.4) is 0 Å². The summed E-state index contributed by atoms with van der Waals surface area (Å²) < 4.78 is 13.5. The third kappa shape index (κ3) is 3.09. The van der Waals surface area contributed by atoms with Crippen molar-refractivity contribution in [1.82, 2.24) is 20.5 Å². The van der Waals surface area contributed by atoms with Gasteiger partial charge in [0, 0.05) is 33.4 Å². The van der Waals surface area contributed by atoms with Gasteiger partial charge in [-0.2, -0.15) is 0 Å². The number of nitrogens with zero attached hydrogens (tertiary/aromatic N) is 4. The summed E-state index contributed by atoms with van der Waals surface area (Å²) in [6, 6.07) is 3.80.